The molecule has 1 aliphatic rings. The van der Waals surface area contributed by atoms with Crippen molar-refractivity contribution in [3.05, 3.63) is 29.8 Å². The Morgan fingerprint density at radius 1 is 1.48 bits per heavy atom. The highest BCUT2D eigenvalue weighted by molar-refractivity contribution is 5.76. The zero-order chi connectivity index (χ0) is 14.9. The van der Waals surface area contributed by atoms with E-state index in [1.54, 1.807) is 0 Å². The number of ether oxygens (including phenoxy) is 2. The van der Waals surface area contributed by atoms with E-state index in [0.717, 1.165) is 30.9 Å². The molecular formula is C16H24N2O3. The van der Waals surface area contributed by atoms with Gasteiger partial charge in [0.2, 0.25) is 5.91 Å². The van der Waals surface area contributed by atoms with Gasteiger partial charge in [0, 0.05) is 25.6 Å². The number of amides is 1. The third kappa shape index (κ3) is 5.36. The molecule has 116 valence electrons. The zero-order valence-corrected chi connectivity index (χ0v) is 12.6. The van der Waals surface area contributed by atoms with Gasteiger partial charge in [-0.25, -0.2) is 0 Å². The standard InChI is InChI=1S/C16H24N2O3/c1-2-21-15-6-4-3-5-13(15)7-8-18-16(19)11-14-12-20-10-9-17-14/h3-6,14,17H,2,7-12H2,1H3,(H,18,19). The summed E-state index contributed by atoms with van der Waals surface area (Å²) in [7, 11) is 0. The number of nitrogens with one attached hydrogen (secondary N) is 2. The Hall–Kier alpha value is -1.59. The number of carbonyl (C=O) groups is 1. The first-order valence-corrected chi connectivity index (χ1v) is 7.58. The first kappa shape index (κ1) is 15.8. The van der Waals surface area contributed by atoms with E-state index in [0.29, 0.717) is 26.2 Å². The largest absolute Gasteiger partial charge is 0.494 e. The minimum absolute atomic E-state index is 0.0619. The molecule has 1 fully saturated rings. The Bertz CT molecular complexity index is 445. The lowest BCUT2D eigenvalue weighted by molar-refractivity contribution is -0.122. The van der Waals surface area contributed by atoms with E-state index in [1.807, 2.05) is 31.2 Å². The van der Waals surface area contributed by atoms with Crippen molar-refractivity contribution in [1.82, 2.24) is 10.6 Å². The number of rotatable bonds is 7. The smallest absolute Gasteiger partial charge is 0.221 e. The van der Waals surface area contributed by atoms with Crippen LogP contribution in [0, 0.1) is 0 Å². The van der Waals surface area contributed by atoms with Gasteiger partial charge in [-0.2, -0.15) is 0 Å². The minimum atomic E-state index is 0.0619. The molecule has 2 rings (SSSR count). The van der Waals surface area contributed by atoms with Crippen LogP contribution < -0.4 is 15.4 Å². The number of benzene rings is 1. The molecule has 1 aliphatic heterocycles. The van der Waals surface area contributed by atoms with Crippen LogP contribution in [-0.2, 0) is 16.0 Å². The first-order valence-electron chi connectivity index (χ1n) is 7.58. The van der Waals surface area contributed by atoms with E-state index in [4.69, 9.17) is 9.47 Å². The van der Waals surface area contributed by atoms with Crippen molar-refractivity contribution in [1.29, 1.82) is 0 Å². The molecule has 1 saturated heterocycles. The summed E-state index contributed by atoms with van der Waals surface area (Å²) in [5, 5.41) is 6.24. The molecule has 2 N–H and O–H groups in total. The second-order valence-electron chi connectivity index (χ2n) is 5.07. The molecule has 0 spiro atoms. The fraction of sp³-hybridized carbons (Fsp3) is 0.562. The second-order valence-corrected chi connectivity index (χ2v) is 5.07. The maximum Gasteiger partial charge on any atom is 0.221 e. The van der Waals surface area contributed by atoms with Crippen molar-refractivity contribution in [2.75, 3.05) is 32.9 Å². The van der Waals surface area contributed by atoms with Crippen LogP contribution >= 0.6 is 0 Å². The number of carbonyl (C=O) groups excluding carboxylic acids is 1. The van der Waals surface area contributed by atoms with E-state index in [2.05, 4.69) is 10.6 Å². The topological polar surface area (TPSA) is 59.6 Å². The maximum absolute atomic E-state index is 11.9. The number of hydrogen-bond acceptors (Lipinski definition) is 4. The Balaban J connectivity index is 1.72. The quantitative estimate of drug-likeness (QED) is 0.791. The van der Waals surface area contributed by atoms with Crippen LogP contribution in [0.1, 0.15) is 18.9 Å². The Morgan fingerprint density at radius 3 is 3.10 bits per heavy atom. The second kappa shape index (κ2) is 8.64. The van der Waals surface area contributed by atoms with Crippen LogP contribution in [0.15, 0.2) is 24.3 Å². The molecule has 1 heterocycles. The van der Waals surface area contributed by atoms with Gasteiger partial charge < -0.3 is 20.1 Å². The van der Waals surface area contributed by atoms with Gasteiger partial charge in [-0.1, -0.05) is 18.2 Å². The summed E-state index contributed by atoms with van der Waals surface area (Å²) in [5.41, 5.74) is 1.12. The van der Waals surface area contributed by atoms with Crippen LogP contribution in [0.4, 0.5) is 0 Å². The fourth-order valence-corrected chi connectivity index (χ4v) is 2.39. The molecule has 1 aromatic carbocycles. The van der Waals surface area contributed by atoms with Crippen LogP contribution in [-0.4, -0.2) is 44.9 Å². The molecule has 0 bridgehead atoms. The van der Waals surface area contributed by atoms with Crippen LogP contribution in [0.25, 0.3) is 0 Å². The van der Waals surface area contributed by atoms with Crippen LogP contribution in [0.3, 0.4) is 0 Å². The highest BCUT2D eigenvalue weighted by Gasteiger charge is 2.16. The molecule has 5 heteroatoms. The van der Waals surface area contributed by atoms with Gasteiger partial charge in [0.1, 0.15) is 5.75 Å². The maximum atomic E-state index is 11.9. The minimum Gasteiger partial charge on any atom is -0.494 e. The Morgan fingerprint density at radius 2 is 2.33 bits per heavy atom. The first-order chi connectivity index (χ1) is 10.3. The SMILES string of the molecule is CCOc1ccccc1CCNC(=O)CC1COCCN1. The van der Waals surface area contributed by atoms with Gasteiger partial charge >= 0.3 is 0 Å². The molecule has 5 nitrogen and oxygen atoms in total. The molecule has 1 aromatic rings. The number of morpholine rings is 1. The Kier molecular flexibility index (Phi) is 6.50. The molecule has 21 heavy (non-hydrogen) atoms. The molecule has 1 atom stereocenters. The molecule has 1 unspecified atom stereocenters. The van der Waals surface area contributed by atoms with Crippen molar-refractivity contribution in [2.24, 2.45) is 0 Å². The Labute approximate surface area is 126 Å². The molecular weight excluding hydrogens is 268 g/mol. The predicted molar refractivity (Wildman–Crippen MR) is 81.6 cm³/mol. The average molecular weight is 292 g/mol. The number of hydrogen-bond donors (Lipinski definition) is 2. The summed E-state index contributed by atoms with van der Waals surface area (Å²) in [6, 6.07) is 8.08. The van der Waals surface area contributed by atoms with Crippen LogP contribution in [0.5, 0.6) is 5.75 Å². The summed E-state index contributed by atoms with van der Waals surface area (Å²) < 4.78 is 10.9. The van der Waals surface area contributed by atoms with Gasteiger partial charge in [-0.15, -0.1) is 0 Å². The van der Waals surface area contributed by atoms with Crippen molar-refractivity contribution in [3.63, 3.8) is 0 Å². The zero-order valence-electron chi connectivity index (χ0n) is 12.6. The highest BCUT2D eigenvalue weighted by Crippen LogP contribution is 2.17. The van der Waals surface area contributed by atoms with Crippen molar-refractivity contribution >= 4 is 5.91 Å². The lowest BCUT2D eigenvalue weighted by Crippen LogP contribution is -2.44. The number of para-hydroxylation sites is 1. The summed E-state index contributed by atoms with van der Waals surface area (Å²) in [5.74, 6) is 0.962. The van der Waals surface area contributed by atoms with Gasteiger partial charge in [-0.05, 0) is 25.0 Å². The van der Waals surface area contributed by atoms with Gasteiger partial charge in [0.15, 0.2) is 0 Å². The van der Waals surface area contributed by atoms with Gasteiger partial charge in [0.25, 0.3) is 0 Å². The van der Waals surface area contributed by atoms with E-state index in [-0.39, 0.29) is 11.9 Å². The van der Waals surface area contributed by atoms with E-state index in [9.17, 15) is 4.79 Å². The van der Waals surface area contributed by atoms with Crippen molar-refractivity contribution < 1.29 is 14.3 Å². The monoisotopic (exact) mass is 292 g/mol. The predicted octanol–water partition coefficient (Wildman–Crippen LogP) is 1.12. The van der Waals surface area contributed by atoms with Crippen molar-refractivity contribution in [3.8, 4) is 5.75 Å². The normalized spacial score (nSPS) is 18.2. The fourth-order valence-electron chi connectivity index (χ4n) is 2.39. The van der Waals surface area contributed by atoms with E-state index in [1.165, 1.54) is 0 Å². The average Bonchev–Trinajstić information content (AvgIpc) is 2.50. The summed E-state index contributed by atoms with van der Waals surface area (Å²) in [4.78, 5) is 11.9. The third-order valence-corrected chi connectivity index (χ3v) is 3.42. The van der Waals surface area contributed by atoms with Crippen molar-refractivity contribution in [2.45, 2.75) is 25.8 Å². The molecule has 1 amide bonds. The van der Waals surface area contributed by atoms with Crippen LogP contribution in [0.2, 0.25) is 0 Å². The summed E-state index contributed by atoms with van der Waals surface area (Å²) >= 11 is 0. The summed E-state index contributed by atoms with van der Waals surface area (Å²) in [6.45, 7) is 5.40. The molecule has 0 aromatic heterocycles. The van der Waals surface area contributed by atoms with Gasteiger partial charge in [-0.3, -0.25) is 4.79 Å². The lowest BCUT2D eigenvalue weighted by atomic mass is 10.1. The molecule has 0 saturated carbocycles. The van der Waals surface area contributed by atoms with E-state index >= 15 is 0 Å². The lowest BCUT2D eigenvalue weighted by Gasteiger charge is -2.23. The van der Waals surface area contributed by atoms with E-state index < -0.39 is 0 Å². The third-order valence-electron chi connectivity index (χ3n) is 3.42. The highest BCUT2D eigenvalue weighted by atomic mass is 16.5. The molecule has 0 radical (unpaired) electrons. The summed E-state index contributed by atoms with van der Waals surface area (Å²) in [6.07, 6.45) is 1.24. The van der Waals surface area contributed by atoms with Gasteiger partial charge in [0.05, 0.1) is 19.8 Å². The molecule has 0 aliphatic carbocycles.